The Labute approximate surface area is 132 Å². The van der Waals surface area contributed by atoms with E-state index in [0.717, 1.165) is 5.69 Å². The van der Waals surface area contributed by atoms with Crippen molar-refractivity contribution in [3.8, 4) is 11.5 Å². The minimum absolute atomic E-state index is 0.169. The Bertz CT molecular complexity index is 719. The van der Waals surface area contributed by atoms with E-state index < -0.39 is 5.91 Å². The fraction of sp³-hybridized carbons (Fsp3) is 0.188. The van der Waals surface area contributed by atoms with Crippen molar-refractivity contribution in [1.82, 2.24) is 10.3 Å². The summed E-state index contributed by atoms with van der Waals surface area (Å²) in [6.45, 7) is 0.458. The minimum Gasteiger partial charge on any atom is -0.454 e. The van der Waals surface area contributed by atoms with Gasteiger partial charge in [-0.3, -0.25) is 14.6 Å². The summed E-state index contributed by atoms with van der Waals surface area (Å²) >= 11 is 0. The largest absolute Gasteiger partial charge is 0.454 e. The highest BCUT2D eigenvalue weighted by atomic mass is 16.7. The molecule has 1 aliphatic rings. The second kappa shape index (κ2) is 6.78. The molecule has 1 aliphatic heterocycles. The number of anilines is 1. The molecule has 1 aromatic heterocycles. The maximum Gasteiger partial charge on any atom is 0.233 e. The highest BCUT2D eigenvalue weighted by molar-refractivity contribution is 6.03. The average molecular weight is 313 g/mol. The Morgan fingerprint density at radius 1 is 1.09 bits per heavy atom. The van der Waals surface area contributed by atoms with Crippen LogP contribution in [0.3, 0.4) is 0 Å². The SMILES string of the molecule is O=C(CC(=O)Nc1ccc2c(c1)OCO2)NCc1ccccn1. The van der Waals surface area contributed by atoms with E-state index >= 15 is 0 Å². The molecule has 0 radical (unpaired) electrons. The topological polar surface area (TPSA) is 89.6 Å². The Kier molecular flexibility index (Phi) is 4.37. The number of pyridine rings is 1. The van der Waals surface area contributed by atoms with Gasteiger partial charge < -0.3 is 20.1 Å². The van der Waals surface area contributed by atoms with Crippen molar-refractivity contribution in [2.45, 2.75) is 13.0 Å². The number of ether oxygens (including phenoxy) is 2. The van der Waals surface area contributed by atoms with Gasteiger partial charge in [-0.25, -0.2) is 0 Å². The van der Waals surface area contributed by atoms with Gasteiger partial charge in [0, 0.05) is 18.0 Å². The van der Waals surface area contributed by atoms with Gasteiger partial charge in [0.2, 0.25) is 18.6 Å². The van der Waals surface area contributed by atoms with Gasteiger partial charge in [0.1, 0.15) is 6.42 Å². The summed E-state index contributed by atoms with van der Waals surface area (Å²) in [4.78, 5) is 27.7. The van der Waals surface area contributed by atoms with Crippen LogP contribution in [-0.4, -0.2) is 23.6 Å². The van der Waals surface area contributed by atoms with Crippen molar-refractivity contribution in [2.75, 3.05) is 12.1 Å². The van der Waals surface area contributed by atoms with Gasteiger partial charge in [-0.1, -0.05) is 6.07 Å². The van der Waals surface area contributed by atoms with Gasteiger partial charge >= 0.3 is 0 Å². The van der Waals surface area contributed by atoms with Crippen molar-refractivity contribution in [2.24, 2.45) is 0 Å². The molecule has 0 bridgehead atoms. The lowest BCUT2D eigenvalue weighted by Gasteiger charge is -2.07. The van der Waals surface area contributed by atoms with Gasteiger partial charge in [0.25, 0.3) is 0 Å². The average Bonchev–Trinajstić information content (AvgIpc) is 3.01. The molecule has 2 aromatic rings. The molecule has 0 fully saturated rings. The normalized spacial score (nSPS) is 11.8. The van der Waals surface area contributed by atoms with E-state index in [1.54, 1.807) is 36.5 Å². The molecule has 7 heteroatoms. The Hall–Kier alpha value is -3.09. The molecule has 2 amide bonds. The lowest BCUT2D eigenvalue weighted by molar-refractivity contribution is -0.126. The zero-order chi connectivity index (χ0) is 16.1. The molecule has 7 nitrogen and oxygen atoms in total. The van der Waals surface area contributed by atoms with Crippen molar-refractivity contribution < 1.29 is 19.1 Å². The first-order valence-corrected chi connectivity index (χ1v) is 7.07. The van der Waals surface area contributed by atoms with Crippen LogP contribution >= 0.6 is 0 Å². The summed E-state index contributed by atoms with van der Waals surface area (Å²) in [5, 5.41) is 5.30. The van der Waals surface area contributed by atoms with E-state index in [2.05, 4.69) is 15.6 Å². The quantitative estimate of drug-likeness (QED) is 0.816. The molecule has 0 aliphatic carbocycles. The van der Waals surface area contributed by atoms with Crippen LogP contribution in [0.2, 0.25) is 0 Å². The predicted molar refractivity (Wildman–Crippen MR) is 81.9 cm³/mol. The first-order valence-electron chi connectivity index (χ1n) is 7.07. The van der Waals surface area contributed by atoms with Gasteiger partial charge in [-0.2, -0.15) is 0 Å². The molecule has 3 rings (SSSR count). The number of aromatic nitrogens is 1. The Morgan fingerprint density at radius 2 is 1.96 bits per heavy atom. The van der Waals surface area contributed by atoms with Crippen LogP contribution in [0.1, 0.15) is 12.1 Å². The maximum atomic E-state index is 11.9. The van der Waals surface area contributed by atoms with E-state index in [-0.39, 0.29) is 25.7 Å². The zero-order valence-electron chi connectivity index (χ0n) is 12.2. The van der Waals surface area contributed by atoms with Gasteiger partial charge in [0.15, 0.2) is 11.5 Å². The molecule has 2 N–H and O–H groups in total. The molecule has 0 saturated heterocycles. The summed E-state index contributed by atoms with van der Waals surface area (Å²) in [6, 6.07) is 10.5. The smallest absolute Gasteiger partial charge is 0.233 e. The summed E-state index contributed by atoms with van der Waals surface area (Å²) in [7, 11) is 0. The molecule has 0 spiro atoms. The van der Waals surface area contributed by atoms with E-state index in [0.29, 0.717) is 17.2 Å². The van der Waals surface area contributed by atoms with Crippen LogP contribution in [0.25, 0.3) is 0 Å². The molecule has 118 valence electrons. The predicted octanol–water partition coefficient (Wildman–Crippen LogP) is 1.46. The van der Waals surface area contributed by atoms with Crippen molar-refractivity contribution in [1.29, 1.82) is 0 Å². The minimum atomic E-state index is -0.401. The number of carbonyl (C=O) groups excluding carboxylic acids is 2. The molecule has 0 saturated carbocycles. The molecule has 0 atom stereocenters. The fourth-order valence-corrected chi connectivity index (χ4v) is 2.08. The van der Waals surface area contributed by atoms with Crippen LogP contribution in [0.5, 0.6) is 11.5 Å². The van der Waals surface area contributed by atoms with E-state index in [4.69, 9.17) is 9.47 Å². The number of nitrogens with zero attached hydrogens (tertiary/aromatic N) is 1. The summed E-state index contributed by atoms with van der Waals surface area (Å²) in [5.41, 5.74) is 1.29. The third-order valence-electron chi connectivity index (χ3n) is 3.17. The summed E-state index contributed by atoms with van der Waals surface area (Å²) in [5.74, 6) is 0.440. The molecule has 0 unspecified atom stereocenters. The summed E-state index contributed by atoms with van der Waals surface area (Å²) < 4.78 is 10.4. The van der Waals surface area contributed by atoms with Crippen LogP contribution < -0.4 is 20.1 Å². The number of hydrogen-bond donors (Lipinski definition) is 2. The van der Waals surface area contributed by atoms with Crippen molar-refractivity contribution >= 4 is 17.5 Å². The molecule has 1 aromatic carbocycles. The van der Waals surface area contributed by atoms with Gasteiger partial charge in [0.05, 0.1) is 12.2 Å². The molecule has 23 heavy (non-hydrogen) atoms. The van der Waals surface area contributed by atoms with E-state index in [9.17, 15) is 9.59 Å². The number of amides is 2. The van der Waals surface area contributed by atoms with Crippen LogP contribution in [0, 0.1) is 0 Å². The highest BCUT2D eigenvalue weighted by Crippen LogP contribution is 2.34. The second-order valence-corrected chi connectivity index (χ2v) is 4.89. The van der Waals surface area contributed by atoms with Crippen LogP contribution in [0.4, 0.5) is 5.69 Å². The zero-order valence-corrected chi connectivity index (χ0v) is 12.2. The van der Waals surface area contributed by atoms with Crippen molar-refractivity contribution in [3.63, 3.8) is 0 Å². The standard InChI is InChI=1S/C16H15N3O4/c20-15(18-9-12-3-1-2-6-17-12)8-16(21)19-11-4-5-13-14(7-11)23-10-22-13/h1-7H,8-10H2,(H,18,20)(H,19,21). The van der Waals surface area contributed by atoms with Crippen LogP contribution in [-0.2, 0) is 16.1 Å². The number of benzene rings is 1. The van der Waals surface area contributed by atoms with Crippen LogP contribution in [0.15, 0.2) is 42.6 Å². The second-order valence-electron chi connectivity index (χ2n) is 4.89. The Morgan fingerprint density at radius 3 is 2.78 bits per heavy atom. The first kappa shape index (κ1) is 14.8. The van der Waals surface area contributed by atoms with E-state index in [1.807, 2.05) is 6.07 Å². The number of carbonyl (C=O) groups is 2. The number of fused-ring (bicyclic) bond motifs is 1. The van der Waals surface area contributed by atoms with Gasteiger partial charge in [-0.05, 0) is 24.3 Å². The fourth-order valence-electron chi connectivity index (χ4n) is 2.08. The highest BCUT2D eigenvalue weighted by Gasteiger charge is 2.15. The third-order valence-corrected chi connectivity index (χ3v) is 3.17. The van der Waals surface area contributed by atoms with Crippen molar-refractivity contribution in [3.05, 3.63) is 48.3 Å². The molecular formula is C16H15N3O4. The number of rotatable bonds is 5. The number of nitrogens with one attached hydrogen (secondary N) is 2. The monoisotopic (exact) mass is 313 g/mol. The first-order chi connectivity index (χ1) is 11.2. The number of hydrogen-bond acceptors (Lipinski definition) is 5. The molecule has 2 heterocycles. The molecular weight excluding hydrogens is 298 g/mol. The summed E-state index contributed by atoms with van der Waals surface area (Å²) in [6.07, 6.45) is 1.38. The van der Waals surface area contributed by atoms with Gasteiger partial charge in [-0.15, -0.1) is 0 Å². The maximum absolute atomic E-state index is 11.9. The van der Waals surface area contributed by atoms with E-state index in [1.165, 1.54) is 0 Å². The lowest BCUT2D eigenvalue weighted by Crippen LogP contribution is -2.28. The lowest BCUT2D eigenvalue weighted by atomic mass is 10.2. The third kappa shape index (κ3) is 3.97. The Balaban J connectivity index is 1.48.